The lowest BCUT2D eigenvalue weighted by Crippen LogP contribution is -2.10. The molecule has 0 unspecified atom stereocenters. The van der Waals surface area contributed by atoms with Crippen molar-refractivity contribution in [3.05, 3.63) is 58.6 Å². The first kappa shape index (κ1) is 17.1. The Kier molecular flexibility index (Phi) is 5.11. The molecule has 7 heteroatoms. The Morgan fingerprint density at radius 3 is 2.72 bits per heavy atom. The van der Waals surface area contributed by atoms with E-state index in [9.17, 15) is 9.59 Å². The number of amides is 2. The highest BCUT2D eigenvalue weighted by Crippen LogP contribution is 2.26. The van der Waals surface area contributed by atoms with E-state index in [1.54, 1.807) is 24.3 Å². The van der Waals surface area contributed by atoms with Gasteiger partial charge in [0.15, 0.2) is 0 Å². The molecule has 0 atom stereocenters. The quantitative estimate of drug-likeness (QED) is 0.660. The minimum Gasteiger partial charge on any atom is -0.326 e. The Balaban J connectivity index is 1.72. The molecule has 0 radical (unpaired) electrons. The van der Waals surface area contributed by atoms with Crippen LogP contribution in [0.2, 0.25) is 5.02 Å². The number of aromatic nitrogens is 1. The fourth-order valence-electron chi connectivity index (χ4n) is 2.18. The van der Waals surface area contributed by atoms with Crippen LogP contribution >= 0.6 is 22.9 Å². The average Bonchev–Trinajstić information content (AvgIpc) is 2.98. The van der Waals surface area contributed by atoms with E-state index in [1.165, 1.54) is 24.3 Å². The van der Waals surface area contributed by atoms with Crippen LogP contribution in [0.5, 0.6) is 0 Å². The van der Waals surface area contributed by atoms with Crippen molar-refractivity contribution in [2.75, 3.05) is 10.6 Å². The zero-order valence-electron chi connectivity index (χ0n) is 13.2. The van der Waals surface area contributed by atoms with Crippen molar-refractivity contribution in [2.24, 2.45) is 0 Å². The molecular weight excluding hydrogens is 358 g/mol. The van der Waals surface area contributed by atoms with Gasteiger partial charge in [0, 0.05) is 18.7 Å². The van der Waals surface area contributed by atoms with Gasteiger partial charge < -0.3 is 10.6 Å². The lowest BCUT2D eigenvalue weighted by Gasteiger charge is -2.08. The van der Waals surface area contributed by atoms with Crippen LogP contribution in [0.15, 0.2) is 48.5 Å². The van der Waals surface area contributed by atoms with Crippen LogP contribution in [0.1, 0.15) is 11.9 Å². The van der Waals surface area contributed by atoms with Gasteiger partial charge in [0.25, 0.3) is 0 Å². The number of anilines is 2. The van der Waals surface area contributed by atoms with Gasteiger partial charge in [-0.1, -0.05) is 23.7 Å². The molecule has 2 aromatic carbocycles. The van der Waals surface area contributed by atoms with Gasteiger partial charge in [-0.15, -0.1) is 11.3 Å². The number of thiazole rings is 1. The molecule has 0 aliphatic heterocycles. The van der Waals surface area contributed by atoms with Crippen LogP contribution in [-0.4, -0.2) is 16.8 Å². The zero-order chi connectivity index (χ0) is 17.8. The first-order chi connectivity index (χ1) is 12.0. The summed E-state index contributed by atoms with van der Waals surface area (Å²) >= 11 is 7.59. The molecule has 0 fully saturated rings. The molecule has 1 aromatic heterocycles. The van der Waals surface area contributed by atoms with E-state index in [2.05, 4.69) is 15.6 Å². The van der Waals surface area contributed by atoms with E-state index in [4.69, 9.17) is 11.6 Å². The number of benzene rings is 2. The lowest BCUT2D eigenvalue weighted by molar-refractivity contribution is -0.114. The lowest BCUT2D eigenvalue weighted by atomic mass is 10.2. The molecule has 0 spiro atoms. The topological polar surface area (TPSA) is 71.1 Å². The standard InChI is InChI=1S/C18H14ClN3O2S/c1-11(23)20-12-6-7-13(19)15(10-12)21-17(24)8-9-18-22-14-4-2-3-5-16(14)25-18/h2-10H,1H3,(H,20,23)(H,21,24). The molecule has 25 heavy (non-hydrogen) atoms. The van der Waals surface area contributed by atoms with E-state index in [0.717, 1.165) is 15.2 Å². The van der Waals surface area contributed by atoms with Gasteiger partial charge in [-0.25, -0.2) is 4.98 Å². The van der Waals surface area contributed by atoms with E-state index in [-0.39, 0.29) is 11.8 Å². The number of nitrogens with one attached hydrogen (secondary N) is 2. The molecule has 5 nitrogen and oxygen atoms in total. The number of fused-ring (bicyclic) bond motifs is 1. The number of hydrogen-bond acceptors (Lipinski definition) is 4. The van der Waals surface area contributed by atoms with Gasteiger partial charge in [-0.05, 0) is 36.4 Å². The Morgan fingerprint density at radius 2 is 1.96 bits per heavy atom. The molecule has 0 aliphatic carbocycles. The van der Waals surface area contributed by atoms with Crippen molar-refractivity contribution in [3.63, 3.8) is 0 Å². The summed E-state index contributed by atoms with van der Waals surface area (Å²) in [6.45, 7) is 1.41. The summed E-state index contributed by atoms with van der Waals surface area (Å²) in [5, 5.41) is 6.47. The van der Waals surface area contributed by atoms with Crippen molar-refractivity contribution < 1.29 is 9.59 Å². The maximum absolute atomic E-state index is 12.1. The predicted molar refractivity (Wildman–Crippen MR) is 103 cm³/mol. The number of halogens is 1. The molecular formula is C18H14ClN3O2S. The first-order valence-electron chi connectivity index (χ1n) is 7.43. The van der Waals surface area contributed by atoms with Gasteiger partial charge >= 0.3 is 0 Å². The second kappa shape index (κ2) is 7.46. The van der Waals surface area contributed by atoms with Gasteiger partial charge in [-0.3, -0.25) is 9.59 Å². The SMILES string of the molecule is CC(=O)Nc1ccc(Cl)c(NC(=O)C=Cc2nc3ccccc3s2)c1. The van der Waals surface area contributed by atoms with Crippen LogP contribution in [0, 0.1) is 0 Å². The summed E-state index contributed by atoms with van der Waals surface area (Å²) in [6, 6.07) is 12.7. The van der Waals surface area contributed by atoms with Crippen molar-refractivity contribution in [1.29, 1.82) is 0 Å². The third-order valence-corrected chi connectivity index (χ3v) is 4.56. The van der Waals surface area contributed by atoms with Crippen molar-refractivity contribution >= 4 is 62.4 Å². The second-order valence-electron chi connectivity index (χ2n) is 5.22. The third-order valence-electron chi connectivity index (χ3n) is 3.23. The highest BCUT2D eigenvalue weighted by atomic mass is 35.5. The Hall–Kier alpha value is -2.70. The van der Waals surface area contributed by atoms with E-state index in [0.29, 0.717) is 16.4 Å². The largest absolute Gasteiger partial charge is 0.326 e. The minimum absolute atomic E-state index is 0.199. The third kappa shape index (κ3) is 4.43. The molecule has 0 saturated heterocycles. The summed E-state index contributed by atoms with van der Waals surface area (Å²) in [5.74, 6) is -0.531. The van der Waals surface area contributed by atoms with Gasteiger partial charge in [-0.2, -0.15) is 0 Å². The molecule has 2 amide bonds. The van der Waals surface area contributed by atoms with E-state index < -0.39 is 0 Å². The number of para-hydroxylation sites is 1. The maximum atomic E-state index is 12.1. The molecule has 2 N–H and O–H groups in total. The Bertz CT molecular complexity index is 948. The second-order valence-corrected chi connectivity index (χ2v) is 6.69. The Morgan fingerprint density at radius 1 is 1.16 bits per heavy atom. The summed E-state index contributed by atoms with van der Waals surface area (Å²) in [5.41, 5.74) is 1.88. The number of carbonyl (C=O) groups excluding carboxylic acids is 2. The van der Waals surface area contributed by atoms with Crippen molar-refractivity contribution in [3.8, 4) is 0 Å². The van der Waals surface area contributed by atoms with Crippen LogP contribution in [0.25, 0.3) is 16.3 Å². The smallest absolute Gasteiger partial charge is 0.248 e. The van der Waals surface area contributed by atoms with Crippen molar-refractivity contribution in [1.82, 2.24) is 4.98 Å². The van der Waals surface area contributed by atoms with Crippen LogP contribution in [-0.2, 0) is 9.59 Å². The van der Waals surface area contributed by atoms with Crippen molar-refractivity contribution in [2.45, 2.75) is 6.92 Å². The highest BCUT2D eigenvalue weighted by molar-refractivity contribution is 7.19. The summed E-state index contributed by atoms with van der Waals surface area (Å²) in [7, 11) is 0. The van der Waals surface area contributed by atoms with Crippen LogP contribution < -0.4 is 10.6 Å². The normalized spacial score (nSPS) is 11.0. The average molecular weight is 372 g/mol. The first-order valence-corrected chi connectivity index (χ1v) is 8.62. The van der Waals surface area contributed by atoms with E-state index >= 15 is 0 Å². The summed E-state index contributed by atoms with van der Waals surface area (Å²) in [6.07, 6.45) is 3.06. The molecule has 0 aliphatic rings. The number of hydrogen-bond donors (Lipinski definition) is 2. The monoisotopic (exact) mass is 371 g/mol. The molecule has 1 heterocycles. The van der Waals surface area contributed by atoms with Crippen LogP contribution in [0.3, 0.4) is 0 Å². The number of carbonyl (C=O) groups is 2. The molecule has 0 bridgehead atoms. The van der Waals surface area contributed by atoms with Crippen LogP contribution in [0.4, 0.5) is 11.4 Å². The molecule has 3 rings (SSSR count). The minimum atomic E-state index is -0.332. The fourth-order valence-corrected chi connectivity index (χ4v) is 3.22. The predicted octanol–water partition coefficient (Wildman–Crippen LogP) is 4.56. The molecule has 126 valence electrons. The molecule has 0 saturated carbocycles. The summed E-state index contributed by atoms with van der Waals surface area (Å²) < 4.78 is 1.06. The van der Waals surface area contributed by atoms with Gasteiger partial charge in [0.1, 0.15) is 5.01 Å². The van der Waals surface area contributed by atoms with E-state index in [1.807, 2.05) is 24.3 Å². The van der Waals surface area contributed by atoms with Gasteiger partial charge in [0.2, 0.25) is 11.8 Å². The zero-order valence-corrected chi connectivity index (χ0v) is 14.8. The highest BCUT2D eigenvalue weighted by Gasteiger charge is 2.06. The fraction of sp³-hybridized carbons (Fsp3) is 0.0556. The Labute approximate surface area is 153 Å². The summed E-state index contributed by atoms with van der Waals surface area (Å²) in [4.78, 5) is 27.7. The number of nitrogens with zero attached hydrogens (tertiary/aromatic N) is 1. The number of rotatable bonds is 4. The maximum Gasteiger partial charge on any atom is 0.248 e. The molecule has 3 aromatic rings. The van der Waals surface area contributed by atoms with Gasteiger partial charge in [0.05, 0.1) is 20.9 Å².